The van der Waals surface area contributed by atoms with Gasteiger partial charge in [-0.25, -0.2) is 4.79 Å². The Morgan fingerprint density at radius 3 is 2.56 bits per heavy atom. The van der Waals surface area contributed by atoms with Gasteiger partial charge in [0.05, 0.1) is 6.10 Å². The normalized spacial score (nSPS) is 15.7. The number of carbonyl (C=O) groups excluding carboxylic acids is 1. The fraction of sp³-hybridized carbons (Fsp3) is 0.545. The Balaban J connectivity index is 3.04. The molecule has 0 saturated heterocycles. The highest BCUT2D eigenvalue weighted by atomic mass is 16.4. The Kier molecular flexibility index (Phi) is 9.22. The topological polar surface area (TPSA) is 87.7 Å². The summed E-state index contributed by atoms with van der Waals surface area (Å²) in [4.78, 5) is 25.0. The number of hydrogen-bond donors (Lipinski definition) is 2. The third-order valence-electron chi connectivity index (χ3n) is 4.71. The lowest BCUT2D eigenvalue weighted by atomic mass is 9.92. The van der Waals surface area contributed by atoms with E-state index in [1.54, 1.807) is 6.08 Å². The second-order valence-electron chi connectivity index (χ2n) is 7.15. The highest BCUT2D eigenvalue weighted by Gasteiger charge is 2.28. The molecule has 1 aromatic heterocycles. The molecule has 0 saturated carbocycles. The Morgan fingerprint density at radius 1 is 1.33 bits per heavy atom. The summed E-state index contributed by atoms with van der Waals surface area (Å²) in [6.45, 7) is 9.29. The predicted octanol–water partition coefficient (Wildman–Crippen LogP) is 4.73. The van der Waals surface area contributed by atoms with Crippen LogP contribution >= 0.6 is 0 Å². The summed E-state index contributed by atoms with van der Waals surface area (Å²) in [7, 11) is 0. The molecule has 3 atom stereocenters. The second-order valence-corrected chi connectivity index (χ2v) is 7.15. The van der Waals surface area contributed by atoms with Crippen molar-refractivity contribution in [3.05, 3.63) is 51.6 Å². The van der Waals surface area contributed by atoms with Crippen LogP contribution in [0, 0.1) is 5.92 Å². The fourth-order valence-corrected chi connectivity index (χ4v) is 2.92. The molecule has 0 aliphatic heterocycles. The number of Topliss-reactive ketones (excluding diaryl/α,β-unsaturated/α-hetero) is 1. The third kappa shape index (κ3) is 6.51. The van der Waals surface area contributed by atoms with Crippen LogP contribution < -0.4 is 5.63 Å². The molecule has 1 heterocycles. The van der Waals surface area contributed by atoms with Gasteiger partial charge < -0.3 is 14.6 Å². The minimum atomic E-state index is -1.03. The largest absolute Gasteiger partial charge is 0.507 e. The highest BCUT2D eigenvalue weighted by Crippen LogP contribution is 2.26. The molecule has 27 heavy (non-hydrogen) atoms. The van der Waals surface area contributed by atoms with Crippen LogP contribution in [0.2, 0.25) is 0 Å². The highest BCUT2D eigenvalue weighted by molar-refractivity contribution is 6.00. The lowest BCUT2D eigenvalue weighted by Crippen LogP contribution is -2.28. The maximum atomic E-state index is 12.6. The van der Waals surface area contributed by atoms with Gasteiger partial charge in [-0.1, -0.05) is 51.0 Å². The average molecular weight is 376 g/mol. The Bertz CT molecular complexity index is 742. The van der Waals surface area contributed by atoms with Crippen LogP contribution in [0.4, 0.5) is 0 Å². The molecule has 150 valence electrons. The summed E-state index contributed by atoms with van der Waals surface area (Å²) >= 11 is 0. The van der Waals surface area contributed by atoms with Gasteiger partial charge in [-0.05, 0) is 33.1 Å². The second kappa shape index (κ2) is 10.9. The van der Waals surface area contributed by atoms with E-state index < -0.39 is 34.7 Å². The number of hydrogen-bond acceptors (Lipinski definition) is 5. The summed E-state index contributed by atoms with van der Waals surface area (Å²) in [5, 5.41) is 20.5. The number of aliphatic hydroxyl groups excluding tert-OH is 1. The molecule has 0 aliphatic carbocycles. The zero-order chi connectivity index (χ0) is 20.6. The molecule has 0 fully saturated rings. The minimum absolute atomic E-state index is 0.0633. The zero-order valence-corrected chi connectivity index (χ0v) is 17.0. The van der Waals surface area contributed by atoms with Crippen LogP contribution in [-0.2, 0) is 0 Å². The van der Waals surface area contributed by atoms with E-state index >= 15 is 0 Å². The number of allylic oxidation sites excluding steroid dienone is 3. The van der Waals surface area contributed by atoms with Crippen molar-refractivity contribution in [3.8, 4) is 5.75 Å². The van der Waals surface area contributed by atoms with Crippen molar-refractivity contribution in [3.63, 3.8) is 0 Å². The summed E-state index contributed by atoms with van der Waals surface area (Å²) in [6, 6.07) is 1.34. The first-order valence-electron chi connectivity index (χ1n) is 9.60. The average Bonchev–Trinajstić information content (AvgIpc) is 2.60. The first-order valence-corrected chi connectivity index (χ1v) is 9.60. The van der Waals surface area contributed by atoms with Crippen LogP contribution in [0.1, 0.15) is 82.3 Å². The smallest absolute Gasteiger partial charge is 0.350 e. The summed E-state index contributed by atoms with van der Waals surface area (Å²) < 4.78 is 5.29. The van der Waals surface area contributed by atoms with Crippen molar-refractivity contribution < 1.29 is 19.4 Å². The maximum absolute atomic E-state index is 12.6. The number of carbonyl (C=O) groups is 1. The first-order chi connectivity index (χ1) is 12.7. The molecular weight excluding hydrogens is 344 g/mol. The van der Waals surface area contributed by atoms with Crippen LogP contribution in [0.3, 0.4) is 0 Å². The number of rotatable bonds is 10. The third-order valence-corrected chi connectivity index (χ3v) is 4.71. The van der Waals surface area contributed by atoms with E-state index in [4.69, 9.17) is 4.42 Å². The Morgan fingerprint density at radius 2 is 2.00 bits per heavy atom. The minimum Gasteiger partial charge on any atom is -0.507 e. The van der Waals surface area contributed by atoms with Gasteiger partial charge in [0.15, 0.2) is 5.78 Å². The van der Waals surface area contributed by atoms with E-state index in [9.17, 15) is 19.8 Å². The van der Waals surface area contributed by atoms with Gasteiger partial charge in [0.2, 0.25) is 0 Å². The van der Waals surface area contributed by atoms with E-state index in [-0.39, 0.29) is 5.92 Å². The predicted molar refractivity (Wildman–Crippen MR) is 107 cm³/mol. The van der Waals surface area contributed by atoms with Crippen LogP contribution in [0.15, 0.2) is 39.1 Å². The Hall–Kier alpha value is -2.14. The van der Waals surface area contributed by atoms with Gasteiger partial charge in [0.1, 0.15) is 17.1 Å². The van der Waals surface area contributed by atoms with Crippen molar-refractivity contribution >= 4 is 5.78 Å². The summed E-state index contributed by atoms with van der Waals surface area (Å²) in [5.41, 5.74) is -0.278. The van der Waals surface area contributed by atoms with E-state index in [2.05, 4.69) is 0 Å². The van der Waals surface area contributed by atoms with E-state index in [1.807, 2.05) is 39.8 Å². The molecule has 2 N–H and O–H groups in total. The standard InChI is InChI=1S/C22H32O5/c1-6-8-9-11-15(4)19-13-18(24)20(22(26)27-19)21(25)16(5)17(23)12-14(3)10-7-2/h6,8,12-13,15-17,23-24H,7,9-11H2,1-5H3/b8-6+,14-12+. The summed E-state index contributed by atoms with van der Waals surface area (Å²) in [5.74, 6) is -1.58. The van der Waals surface area contributed by atoms with Crippen molar-refractivity contribution in [1.29, 1.82) is 0 Å². The lowest BCUT2D eigenvalue weighted by molar-refractivity contribution is 0.0796. The number of aliphatic hydroxyl groups is 1. The van der Waals surface area contributed by atoms with E-state index in [1.165, 1.54) is 13.0 Å². The lowest BCUT2D eigenvalue weighted by Gasteiger charge is -2.16. The molecule has 5 heteroatoms. The van der Waals surface area contributed by atoms with Crippen LogP contribution in [-0.4, -0.2) is 22.1 Å². The molecule has 0 aromatic carbocycles. The van der Waals surface area contributed by atoms with Gasteiger partial charge in [-0.15, -0.1) is 0 Å². The molecule has 0 radical (unpaired) electrons. The molecule has 3 unspecified atom stereocenters. The fourth-order valence-electron chi connectivity index (χ4n) is 2.92. The maximum Gasteiger partial charge on any atom is 0.350 e. The van der Waals surface area contributed by atoms with Crippen molar-refractivity contribution in [2.75, 3.05) is 0 Å². The van der Waals surface area contributed by atoms with Gasteiger partial charge in [0, 0.05) is 17.9 Å². The molecule has 1 rings (SSSR count). The molecule has 0 bridgehead atoms. The van der Waals surface area contributed by atoms with Gasteiger partial charge >= 0.3 is 5.63 Å². The number of ketones is 1. The van der Waals surface area contributed by atoms with E-state index in [0.717, 1.165) is 31.3 Å². The zero-order valence-electron chi connectivity index (χ0n) is 17.0. The molecule has 5 nitrogen and oxygen atoms in total. The van der Waals surface area contributed by atoms with Gasteiger partial charge in [-0.2, -0.15) is 0 Å². The van der Waals surface area contributed by atoms with Gasteiger partial charge in [-0.3, -0.25) is 4.79 Å². The molecule has 0 aliphatic rings. The SMILES string of the molecule is C/C=C/CCC(C)c1cc(O)c(C(=O)C(C)C(O)/C=C(\C)CCC)c(=O)o1. The van der Waals surface area contributed by atoms with Crippen molar-refractivity contribution in [1.82, 2.24) is 0 Å². The molecule has 0 amide bonds. The Labute approximate surface area is 161 Å². The quantitative estimate of drug-likeness (QED) is 0.455. The van der Waals surface area contributed by atoms with E-state index in [0.29, 0.717) is 5.76 Å². The number of aromatic hydroxyl groups is 1. The monoisotopic (exact) mass is 376 g/mol. The van der Waals surface area contributed by atoms with Crippen molar-refractivity contribution in [2.45, 2.75) is 72.3 Å². The van der Waals surface area contributed by atoms with Crippen LogP contribution in [0.25, 0.3) is 0 Å². The molecule has 1 aromatic rings. The van der Waals surface area contributed by atoms with Gasteiger partial charge in [0.25, 0.3) is 0 Å². The summed E-state index contributed by atoms with van der Waals surface area (Å²) in [6.07, 6.45) is 7.92. The van der Waals surface area contributed by atoms with Crippen LogP contribution in [0.5, 0.6) is 5.75 Å². The molecule has 0 spiro atoms. The molecular formula is C22H32O5. The first kappa shape index (κ1) is 22.9. The van der Waals surface area contributed by atoms with Crippen molar-refractivity contribution in [2.24, 2.45) is 5.92 Å².